The van der Waals surface area contributed by atoms with E-state index < -0.39 is 0 Å². The van der Waals surface area contributed by atoms with E-state index in [9.17, 15) is 0 Å². The number of benzene rings is 10. The zero-order chi connectivity index (χ0) is 38.9. The van der Waals surface area contributed by atoms with Gasteiger partial charge in [-0.1, -0.05) is 152 Å². The number of nitrogens with zero attached hydrogens (tertiary/aromatic N) is 2. The third kappa shape index (κ3) is 5.36. The van der Waals surface area contributed by atoms with Crippen molar-refractivity contribution in [1.82, 2.24) is 4.57 Å². The fraction of sp³-hybridized carbons (Fsp3) is 0. The van der Waals surface area contributed by atoms with Gasteiger partial charge in [0.15, 0.2) is 0 Å². The maximum atomic E-state index is 6.98. The van der Waals surface area contributed by atoms with Crippen LogP contribution in [-0.4, -0.2) is 4.57 Å². The van der Waals surface area contributed by atoms with Crippen molar-refractivity contribution >= 4 is 82.4 Å². The van der Waals surface area contributed by atoms with Crippen LogP contribution in [-0.2, 0) is 0 Å². The lowest BCUT2D eigenvalue weighted by molar-refractivity contribution is 0.669. The Bertz CT molecular complexity index is 3540. The van der Waals surface area contributed by atoms with Crippen LogP contribution in [0.2, 0.25) is 0 Å². The minimum absolute atomic E-state index is 0.850. The summed E-state index contributed by atoms with van der Waals surface area (Å²) in [6.45, 7) is 0. The van der Waals surface area contributed by atoms with Gasteiger partial charge in [-0.25, -0.2) is 0 Å². The van der Waals surface area contributed by atoms with Gasteiger partial charge in [0.25, 0.3) is 0 Å². The standard InChI is InChI=1S/C56H36N2O/c1-3-14-37(15-4-1)39-26-29-42(30-27-39)57(43-31-28-38-16-7-8-17-40(38)34-43)44-32-33-50-53(35-44)59-54-36-51(45-20-9-10-22-47(45)55(50)54)49-24-13-23-48-46-21-11-12-25-52(46)58(56(48)49)41-18-5-2-6-19-41/h1-36H. The second-order valence-electron chi connectivity index (χ2n) is 15.3. The summed E-state index contributed by atoms with van der Waals surface area (Å²) in [4.78, 5) is 2.33. The zero-order valence-electron chi connectivity index (χ0n) is 32.1. The molecule has 0 spiro atoms. The molecule has 0 fully saturated rings. The monoisotopic (exact) mass is 752 g/mol. The van der Waals surface area contributed by atoms with Crippen molar-refractivity contribution in [3.63, 3.8) is 0 Å². The lowest BCUT2D eigenvalue weighted by Crippen LogP contribution is -2.09. The molecule has 0 bridgehead atoms. The van der Waals surface area contributed by atoms with Gasteiger partial charge in [-0.3, -0.25) is 0 Å². The molecule has 2 aromatic heterocycles. The number of aromatic nitrogens is 1. The third-order valence-electron chi connectivity index (χ3n) is 11.9. The Hall–Kier alpha value is -7.88. The van der Waals surface area contributed by atoms with E-state index in [4.69, 9.17) is 4.42 Å². The van der Waals surface area contributed by atoms with Crippen LogP contribution >= 0.6 is 0 Å². The van der Waals surface area contributed by atoms with E-state index in [1.165, 1.54) is 60.0 Å². The number of furan rings is 1. The second kappa shape index (κ2) is 13.4. The molecule has 0 aliphatic heterocycles. The van der Waals surface area contributed by atoms with Gasteiger partial charge in [-0.15, -0.1) is 0 Å². The molecule has 276 valence electrons. The number of hydrogen-bond donors (Lipinski definition) is 0. The molecule has 3 nitrogen and oxygen atoms in total. The molecule has 12 rings (SSSR count). The van der Waals surface area contributed by atoms with E-state index in [1.807, 2.05) is 0 Å². The Balaban J connectivity index is 1.06. The molecule has 12 aromatic rings. The predicted molar refractivity (Wildman–Crippen MR) is 249 cm³/mol. The first kappa shape index (κ1) is 33.3. The number of fused-ring (bicyclic) bond motifs is 9. The van der Waals surface area contributed by atoms with Crippen molar-refractivity contribution in [3.05, 3.63) is 218 Å². The first-order valence-electron chi connectivity index (χ1n) is 20.2. The smallest absolute Gasteiger partial charge is 0.137 e. The molecule has 0 amide bonds. The van der Waals surface area contributed by atoms with Crippen LogP contribution in [0.3, 0.4) is 0 Å². The molecular weight excluding hydrogens is 717 g/mol. The van der Waals surface area contributed by atoms with Crippen LogP contribution in [0.5, 0.6) is 0 Å². The summed E-state index contributed by atoms with van der Waals surface area (Å²) in [6.07, 6.45) is 0. The fourth-order valence-electron chi connectivity index (χ4n) is 9.27. The molecule has 0 saturated heterocycles. The first-order chi connectivity index (χ1) is 29.3. The van der Waals surface area contributed by atoms with Crippen molar-refractivity contribution in [2.45, 2.75) is 0 Å². The lowest BCUT2D eigenvalue weighted by Gasteiger charge is -2.26. The number of rotatable bonds is 6. The average Bonchev–Trinajstić information content (AvgIpc) is 3.85. The van der Waals surface area contributed by atoms with Gasteiger partial charge in [0.2, 0.25) is 0 Å². The Morgan fingerprint density at radius 3 is 1.81 bits per heavy atom. The molecule has 0 aliphatic carbocycles. The van der Waals surface area contributed by atoms with Gasteiger partial charge >= 0.3 is 0 Å². The molecule has 0 radical (unpaired) electrons. The number of para-hydroxylation sites is 3. The van der Waals surface area contributed by atoms with E-state index >= 15 is 0 Å². The maximum Gasteiger partial charge on any atom is 0.137 e. The summed E-state index contributed by atoms with van der Waals surface area (Å²) in [6, 6.07) is 78.5. The summed E-state index contributed by atoms with van der Waals surface area (Å²) >= 11 is 0. The van der Waals surface area contributed by atoms with E-state index in [0.717, 1.165) is 50.3 Å². The van der Waals surface area contributed by atoms with E-state index in [1.54, 1.807) is 0 Å². The van der Waals surface area contributed by atoms with E-state index in [0.29, 0.717) is 0 Å². The second-order valence-corrected chi connectivity index (χ2v) is 15.3. The highest BCUT2D eigenvalue weighted by atomic mass is 16.3. The quantitative estimate of drug-likeness (QED) is 0.169. The van der Waals surface area contributed by atoms with Crippen LogP contribution < -0.4 is 4.90 Å². The van der Waals surface area contributed by atoms with Crippen molar-refractivity contribution < 1.29 is 4.42 Å². The van der Waals surface area contributed by atoms with Gasteiger partial charge < -0.3 is 13.9 Å². The van der Waals surface area contributed by atoms with Crippen LogP contribution in [0.4, 0.5) is 17.1 Å². The summed E-state index contributed by atoms with van der Waals surface area (Å²) in [5.41, 5.74) is 13.1. The van der Waals surface area contributed by atoms with Gasteiger partial charge in [0.05, 0.1) is 11.0 Å². The largest absolute Gasteiger partial charge is 0.456 e. The Labute approximate surface area is 341 Å². The van der Waals surface area contributed by atoms with Crippen LogP contribution in [0.15, 0.2) is 223 Å². The summed E-state index contributed by atoms with van der Waals surface area (Å²) < 4.78 is 9.40. The minimum atomic E-state index is 0.850. The van der Waals surface area contributed by atoms with Crippen molar-refractivity contribution in [2.75, 3.05) is 4.90 Å². The van der Waals surface area contributed by atoms with Gasteiger partial charge in [0.1, 0.15) is 11.2 Å². The normalized spacial score (nSPS) is 11.7. The number of hydrogen-bond acceptors (Lipinski definition) is 2. The molecule has 10 aromatic carbocycles. The highest BCUT2D eigenvalue weighted by molar-refractivity contribution is 6.24. The molecule has 0 aliphatic rings. The van der Waals surface area contributed by atoms with Crippen molar-refractivity contribution in [1.29, 1.82) is 0 Å². The molecule has 59 heavy (non-hydrogen) atoms. The molecule has 0 saturated carbocycles. The maximum absolute atomic E-state index is 6.98. The summed E-state index contributed by atoms with van der Waals surface area (Å²) in [7, 11) is 0. The third-order valence-corrected chi connectivity index (χ3v) is 11.9. The van der Waals surface area contributed by atoms with Crippen molar-refractivity contribution in [3.8, 4) is 27.9 Å². The van der Waals surface area contributed by atoms with Gasteiger partial charge in [-0.2, -0.15) is 0 Å². The molecule has 2 heterocycles. The zero-order valence-corrected chi connectivity index (χ0v) is 32.1. The Morgan fingerprint density at radius 1 is 0.356 bits per heavy atom. The molecule has 0 atom stereocenters. The Kier molecular flexibility index (Phi) is 7.54. The highest BCUT2D eigenvalue weighted by Crippen LogP contribution is 2.46. The van der Waals surface area contributed by atoms with Gasteiger partial charge in [0, 0.05) is 55.9 Å². The fourth-order valence-corrected chi connectivity index (χ4v) is 9.27. The van der Waals surface area contributed by atoms with Crippen LogP contribution in [0, 0.1) is 0 Å². The molecule has 0 unspecified atom stereocenters. The van der Waals surface area contributed by atoms with E-state index in [2.05, 4.69) is 228 Å². The molecular formula is C56H36N2O. The van der Waals surface area contributed by atoms with Crippen LogP contribution in [0.1, 0.15) is 0 Å². The van der Waals surface area contributed by atoms with Crippen molar-refractivity contribution in [2.24, 2.45) is 0 Å². The van der Waals surface area contributed by atoms with Gasteiger partial charge in [-0.05, 0) is 98.9 Å². The number of anilines is 3. The lowest BCUT2D eigenvalue weighted by atomic mass is 9.93. The van der Waals surface area contributed by atoms with Crippen LogP contribution in [0.25, 0.3) is 93.2 Å². The minimum Gasteiger partial charge on any atom is -0.456 e. The average molecular weight is 753 g/mol. The highest BCUT2D eigenvalue weighted by Gasteiger charge is 2.22. The summed E-state index contributed by atoms with van der Waals surface area (Å²) in [5, 5.41) is 9.47. The molecule has 0 N–H and O–H groups in total. The SMILES string of the molecule is c1ccc(-c2ccc(N(c3ccc4ccccc4c3)c3ccc4c(c3)oc3cc(-c5cccc6c7ccccc7n(-c7ccccc7)c56)c5ccccc5c34)cc2)cc1. The first-order valence-corrected chi connectivity index (χ1v) is 20.2. The summed E-state index contributed by atoms with van der Waals surface area (Å²) in [5.74, 6) is 0. The van der Waals surface area contributed by atoms with E-state index in [-0.39, 0.29) is 0 Å². The predicted octanol–water partition coefficient (Wildman–Crippen LogP) is 15.8. The molecule has 3 heteroatoms. The Morgan fingerprint density at radius 2 is 0.983 bits per heavy atom. The topological polar surface area (TPSA) is 21.3 Å².